The summed E-state index contributed by atoms with van der Waals surface area (Å²) in [6, 6.07) is 14.6. The van der Waals surface area contributed by atoms with Crippen molar-refractivity contribution in [3.8, 4) is 5.69 Å². The Kier molecular flexibility index (Phi) is 6.04. The first-order chi connectivity index (χ1) is 18.7. The molecule has 0 aliphatic heterocycles. The van der Waals surface area contributed by atoms with Crippen LogP contribution in [0.3, 0.4) is 0 Å². The third kappa shape index (κ3) is 4.01. The summed E-state index contributed by atoms with van der Waals surface area (Å²) in [6.07, 6.45) is 0. The summed E-state index contributed by atoms with van der Waals surface area (Å²) >= 11 is 0. The highest BCUT2D eigenvalue weighted by atomic mass is 19.5. The van der Waals surface area contributed by atoms with Crippen molar-refractivity contribution in [2.45, 2.75) is 0 Å². The van der Waals surface area contributed by atoms with Crippen molar-refractivity contribution in [3.05, 3.63) is 90.2 Å². The number of furan rings is 1. The number of halogens is 4. The Morgan fingerprint density at radius 1 is 0.775 bits per heavy atom. The second kappa shape index (κ2) is 9.07. The highest BCUT2D eigenvalue weighted by Crippen LogP contribution is 2.32. The molecule has 0 N–H and O–H groups in total. The Bertz CT molecular complexity index is 2240. The normalized spacial score (nSPS) is 11.9. The lowest BCUT2D eigenvalue weighted by atomic mass is 10.2. The van der Waals surface area contributed by atoms with Crippen LogP contribution in [0.1, 0.15) is 0 Å². The van der Waals surface area contributed by atoms with Crippen molar-refractivity contribution in [1.82, 2.24) is 18.3 Å². The molecule has 6 rings (SSSR count). The van der Waals surface area contributed by atoms with Crippen LogP contribution in [0.4, 0.5) is 17.3 Å². The molecule has 0 bridgehead atoms. The average Bonchev–Trinajstić information content (AvgIpc) is 3.36. The van der Waals surface area contributed by atoms with Crippen LogP contribution in [-0.2, 0) is 28.2 Å². The Morgan fingerprint density at radius 3 is 1.98 bits per heavy atom. The quantitative estimate of drug-likeness (QED) is 0.175. The molecule has 206 valence electrons. The summed E-state index contributed by atoms with van der Waals surface area (Å²) in [5, 5.41) is 1.76. The molecule has 0 saturated heterocycles. The number of benzene rings is 1. The van der Waals surface area contributed by atoms with Gasteiger partial charge in [-0.25, -0.2) is 19.0 Å². The molecule has 0 spiro atoms. The van der Waals surface area contributed by atoms with Gasteiger partial charge < -0.3 is 21.7 Å². The van der Waals surface area contributed by atoms with Crippen LogP contribution in [-0.4, -0.2) is 25.5 Å². The van der Waals surface area contributed by atoms with E-state index in [9.17, 15) is 36.4 Å². The molecule has 0 atom stereocenters. The molecular weight excluding hydrogens is 537 g/mol. The monoisotopic (exact) mass is 557 g/mol. The van der Waals surface area contributed by atoms with Crippen LogP contribution in [0.5, 0.6) is 0 Å². The lowest BCUT2D eigenvalue weighted by Gasteiger charge is -2.04. The van der Waals surface area contributed by atoms with Gasteiger partial charge in [0.1, 0.15) is 27.6 Å². The molecule has 0 aliphatic rings. The number of hydrogen-bond acceptors (Lipinski definition) is 5. The molecule has 0 aliphatic carbocycles. The third-order valence-electron chi connectivity index (χ3n) is 6.68. The van der Waals surface area contributed by atoms with Crippen LogP contribution in [0.25, 0.3) is 49.7 Å². The first kappa shape index (κ1) is 26.7. The average molecular weight is 557 g/mol. The van der Waals surface area contributed by atoms with Crippen LogP contribution in [0.15, 0.2) is 72.1 Å². The maximum absolute atomic E-state index is 13.3. The first-order valence-corrected chi connectivity index (χ1v) is 11.7. The molecule has 0 fully saturated rings. The van der Waals surface area contributed by atoms with Gasteiger partial charge in [0.05, 0.1) is 14.1 Å². The van der Waals surface area contributed by atoms with E-state index in [2.05, 4.69) is 0 Å². The summed E-state index contributed by atoms with van der Waals surface area (Å²) in [4.78, 5) is 51.6. The SMILES string of the molecule is Cn1c(=O)c2c3ccc4c5c(=O)n(C)c(=O)[n+](C)c5n(-c5ccccc5)c4cc3oc2n(C)c1=O.F[B-](F)(F)F. The van der Waals surface area contributed by atoms with Crippen molar-refractivity contribution in [1.29, 1.82) is 0 Å². The van der Waals surface area contributed by atoms with E-state index in [-0.39, 0.29) is 11.1 Å². The van der Waals surface area contributed by atoms with Crippen LogP contribution < -0.4 is 27.1 Å². The van der Waals surface area contributed by atoms with Gasteiger partial charge in [-0.2, -0.15) is 9.13 Å². The maximum Gasteiger partial charge on any atom is 0.673 e. The Hall–Kier alpha value is -4.95. The van der Waals surface area contributed by atoms with Crippen LogP contribution >= 0.6 is 0 Å². The van der Waals surface area contributed by atoms with Crippen LogP contribution in [0, 0.1) is 0 Å². The summed E-state index contributed by atoms with van der Waals surface area (Å²) in [7, 11) is 0.0347. The minimum absolute atomic E-state index is 0.165. The predicted octanol–water partition coefficient (Wildman–Crippen LogP) is 2.26. The van der Waals surface area contributed by atoms with Gasteiger partial charge in [0.25, 0.3) is 11.2 Å². The third-order valence-corrected chi connectivity index (χ3v) is 6.68. The first-order valence-electron chi connectivity index (χ1n) is 11.7. The van der Waals surface area contributed by atoms with Gasteiger partial charge in [-0.05, 0) is 24.3 Å². The second-order valence-corrected chi connectivity index (χ2v) is 9.11. The molecule has 10 nitrogen and oxygen atoms in total. The molecule has 0 saturated carbocycles. The maximum atomic E-state index is 13.3. The van der Waals surface area contributed by atoms with Gasteiger partial charge in [0.15, 0.2) is 0 Å². The second-order valence-electron chi connectivity index (χ2n) is 9.11. The van der Waals surface area contributed by atoms with Gasteiger partial charge >= 0.3 is 24.2 Å². The smallest absolute Gasteiger partial charge is 0.439 e. The Morgan fingerprint density at radius 2 is 1.35 bits per heavy atom. The van der Waals surface area contributed by atoms with Gasteiger partial charge in [-0.15, -0.1) is 0 Å². The summed E-state index contributed by atoms with van der Waals surface area (Å²) < 4.78 is 51.7. The molecule has 0 amide bonds. The largest absolute Gasteiger partial charge is 0.673 e. The zero-order chi connectivity index (χ0) is 29.3. The summed E-state index contributed by atoms with van der Waals surface area (Å²) in [5.41, 5.74) is 0.508. The van der Waals surface area contributed by atoms with E-state index in [1.165, 1.54) is 23.2 Å². The molecular formula is C25H20BF4N5O5. The van der Waals surface area contributed by atoms with Gasteiger partial charge in [0.2, 0.25) is 5.71 Å². The summed E-state index contributed by atoms with van der Waals surface area (Å²) in [5.74, 6) is 0. The fourth-order valence-electron chi connectivity index (χ4n) is 4.86. The topological polar surface area (TPSA) is 105 Å². The standard InChI is InChI=1S/C25H20N5O5.BF4/c1-26-20-18(21(31)27(2)24(26)33)14-10-11-15-17(12-16(14)30(20)13-8-6-5-7-9-13)35-23-19(15)22(32)28(3)25(34)29(23)4;2-1(3,4)5/h5-12H,1-4H3;/q+1;-1. The van der Waals surface area contributed by atoms with Crippen molar-refractivity contribution >= 4 is 51.3 Å². The van der Waals surface area contributed by atoms with Crippen molar-refractivity contribution in [3.63, 3.8) is 0 Å². The molecule has 4 heterocycles. The Balaban J connectivity index is 0.000000595. The van der Waals surface area contributed by atoms with Gasteiger partial charge in [-0.3, -0.25) is 13.9 Å². The number of hydrogen-bond donors (Lipinski definition) is 0. The molecule has 2 aromatic carbocycles. The van der Waals surface area contributed by atoms with E-state index >= 15 is 0 Å². The lowest BCUT2D eigenvalue weighted by Crippen LogP contribution is -2.55. The fourth-order valence-corrected chi connectivity index (χ4v) is 4.86. The lowest BCUT2D eigenvalue weighted by molar-refractivity contribution is -0.667. The number of nitrogens with zero attached hydrogens (tertiary/aromatic N) is 5. The molecule has 6 aromatic rings. The van der Waals surface area contributed by atoms with Crippen molar-refractivity contribution < 1.29 is 26.2 Å². The number of rotatable bonds is 1. The molecule has 0 radical (unpaired) electrons. The van der Waals surface area contributed by atoms with Crippen molar-refractivity contribution in [2.24, 2.45) is 28.2 Å². The van der Waals surface area contributed by atoms with Crippen molar-refractivity contribution in [2.75, 3.05) is 0 Å². The molecule has 4 aromatic heterocycles. The molecule has 15 heteroatoms. The van der Waals surface area contributed by atoms with E-state index < -0.39 is 29.8 Å². The van der Waals surface area contributed by atoms with Gasteiger partial charge in [0, 0.05) is 30.9 Å². The van der Waals surface area contributed by atoms with E-state index in [1.54, 1.807) is 32.3 Å². The van der Waals surface area contributed by atoms with Gasteiger partial charge in [-0.1, -0.05) is 18.2 Å². The van der Waals surface area contributed by atoms with E-state index in [4.69, 9.17) is 4.42 Å². The summed E-state index contributed by atoms with van der Waals surface area (Å²) in [6.45, 7) is 0. The molecule has 0 unspecified atom stereocenters. The number of aryl methyl sites for hydroxylation is 2. The minimum Gasteiger partial charge on any atom is -0.439 e. The highest BCUT2D eigenvalue weighted by Gasteiger charge is 2.27. The number of fused-ring (bicyclic) bond motifs is 6. The molecule has 40 heavy (non-hydrogen) atoms. The van der Waals surface area contributed by atoms with E-state index in [0.29, 0.717) is 32.9 Å². The zero-order valence-corrected chi connectivity index (χ0v) is 21.5. The number of aromatic nitrogens is 5. The van der Waals surface area contributed by atoms with E-state index in [0.717, 1.165) is 14.8 Å². The van der Waals surface area contributed by atoms with Crippen LogP contribution in [0.2, 0.25) is 0 Å². The highest BCUT2D eigenvalue weighted by molar-refractivity contribution is 6.50. The zero-order valence-electron chi connectivity index (χ0n) is 21.5. The van der Waals surface area contributed by atoms with E-state index in [1.807, 2.05) is 34.9 Å². The fraction of sp³-hybridized carbons (Fsp3) is 0.160. The predicted molar refractivity (Wildman–Crippen MR) is 141 cm³/mol. The Labute approximate surface area is 220 Å². The number of para-hydroxylation sites is 1. The minimum atomic E-state index is -6.00.